The van der Waals surface area contributed by atoms with E-state index in [2.05, 4.69) is 27.6 Å². The van der Waals surface area contributed by atoms with E-state index < -0.39 is 0 Å². The molecule has 1 aromatic rings. The van der Waals surface area contributed by atoms with Gasteiger partial charge in [0.15, 0.2) is 5.82 Å². The Balaban J connectivity index is 1.64. The molecule has 1 N–H and O–H groups in total. The van der Waals surface area contributed by atoms with Gasteiger partial charge in [0.25, 0.3) is 0 Å². The van der Waals surface area contributed by atoms with Crippen molar-refractivity contribution in [1.29, 1.82) is 0 Å². The number of hydrogen-bond donors (Lipinski definition) is 1. The average molecular weight is 291 g/mol. The highest BCUT2D eigenvalue weighted by Gasteiger charge is 2.30. The van der Waals surface area contributed by atoms with Crippen molar-refractivity contribution in [3.05, 3.63) is 23.9 Å². The predicted molar refractivity (Wildman–Crippen MR) is 79.8 cm³/mol. The van der Waals surface area contributed by atoms with Crippen molar-refractivity contribution in [2.24, 2.45) is 11.8 Å². The molecule has 1 saturated heterocycles. The van der Waals surface area contributed by atoms with Gasteiger partial charge in [0.1, 0.15) is 0 Å². The third-order valence-corrected chi connectivity index (χ3v) is 4.55. The third kappa shape index (κ3) is 3.92. The van der Waals surface area contributed by atoms with Crippen LogP contribution in [0.25, 0.3) is 0 Å². The normalized spacial score (nSPS) is 25.1. The second-order valence-electron chi connectivity index (χ2n) is 6.17. The van der Waals surface area contributed by atoms with E-state index in [1.54, 1.807) is 0 Å². The van der Waals surface area contributed by atoms with Gasteiger partial charge in [0.2, 0.25) is 5.89 Å². The number of hydrogen-bond acceptors (Lipinski definition) is 5. The average Bonchev–Trinajstić information content (AvgIpc) is 2.96. The SMILES string of the molecule is Cc1noc(C(NCC2CC=CCC2)C2CCOCC2)n1. The molecule has 2 heterocycles. The first-order valence-corrected chi connectivity index (χ1v) is 8.09. The van der Waals surface area contributed by atoms with Gasteiger partial charge >= 0.3 is 0 Å². The summed E-state index contributed by atoms with van der Waals surface area (Å²) in [5, 5.41) is 7.66. The van der Waals surface area contributed by atoms with E-state index in [0.29, 0.717) is 11.7 Å². The lowest BCUT2D eigenvalue weighted by atomic mass is 9.89. The maximum atomic E-state index is 5.48. The molecule has 0 radical (unpaired) electrons. The second-order valence-corrected chi connectivity index (χ2v) is 6.17. The standard InChI is InChI=1S/C16H25N3O2/c1-12-18-16(21-19-12)15(14-7-9-20-10-8-14)17-11-13-5-3-2-4-6-13/h2-3,13-15,17H,4-11H2,1H3. The van der Waals surface area contributed by atoms with E-state index in [4.69, 9.17) is 9.26 Å². The Bertz CT molecular complexity index is 466. The van der Waals surface area contributed by atoms with Crippen LogP contribution in [-0.4, -0.2) is 29.9 Å². The Morgan fingerprint density at radius 3 is 2.81 bits per heavy atom. The molecule has 116 valence electrons. The van der Waals surface area contributed by atoms with E-state index in [-0.39, 0.29) is 6.04 Å². The summed E-state index contributed by atoms with van der Waals surface area (Å²) >= 11 is 0. The summed E-state index contributed by atoms with van der Waals surface area (Å²) < 4.78 is 10.9. The fraction of sp³-hybridized carbons (Fsp3) is 0.750. The van der Waals surface area contributed by atoms with Crippen LogP contribution in [0, 0.1) is 18.8 Å². The Hall–Kier alpha value is -1.20. The molecule has 3 rings (SSSR count). The summed E-state index contributed by atoms with van der Waals surface area (Å²) in [6.45, 7) is 4.57. The van der Waals surface area contributed by atoms with E-state index in [1.807, 2.05) is 6.92 Å². The van der Waals surface area contributed by atoms with Gasteiger partial charge in [-0.3, -0.25) is 0 Å². The summed E-state index contributed by atoms with van der Waals surface area (Å²) in [6.07, 6.45) is 10.4. The minimum atomic E-state index is 0.168. The monoisotopic (exact) mass is 291 g/mol. The van der Waals surface area contributed by atoms with Crippen LogP contribution in [0.2, 0.25) is 0 Å². The highest BCUT2D eigenvalue weighted by molar-refractivity contribution is 4.97. The van der Waals surface area contributed by atoms with Crippen LogP contribution < -0.4 is 5.32 Å². The van der Waals surface area contributed by atoms with E-state index in [0.717, 1.165) is 44.4 Å². The van der Waals surface area contributed by atoms with Crippen molar-refractivity contribution in [3.63, 3.8) is 0 Å². The summed E-state index contributed by atoms with van der Waals surface area (Å²) in [4.78, 5) is 4.45. The molecule has 0 saturated carbocycles. The van der Waals surface area contributed by atoms with E-state index >= 15 is 0 Å². The molecule has 2 aliphatic rings. The summed E-state index contributed by atoms with van der Waals surface area (Å²) in [5.41, 5.74) is 0. The summed E-state index contributed by atoms with van der Waals surface area (Å²) in [5.74, 6) is 2.70. The lowest BCUT2D eigenvalue weighted by Crippen LogP contribution is -2.35. The van der Waals surface area contributed by atoms with Gasteiger partial charge in [-0.05, 0) is 57.4 Å². The van der Waals surface area contributed by atoms with Crippen molar-refractivity contribution in [3.8, 4) is 0 Å². The first kappa shape index (κ1) is 14.7. The molecule has 1 aliphatic carbocycles. The quantitative estimate of drug-likeness (QED) is 0.845. The minimum Gasteiger partial charge on any atom is -0.381 e. The van der Waals surface area contributed by atoms with Crippen LogP contribution in [0.4, 0.5) is 0 Å². The molecule has 5 heteroatoms. The fourth-order valence-electron chi connectivity index (χ4n) is 3.28. The molecule has 0 amide bonds. The van der Waals surface area contributed by atoms with E-state index in [1.165, 1.54) is 19.3 Å². The Kier molecular flexibility index (Phi) is 5.04. The van der Waals surface area contributed by atoms with Gasteiger partial charge in [-0.25, -0.2) is 0 Å². The number of aryl methyl sites for hydroxylation is 1. The first-order valence-electron chi connectivity index (χ1n) is 8.09. The third-order valence-electron chi connectivity index (χ3n) is 4.55. The highest BCUT2D eigenvalue weighted by Crippen LogP contribution is 2.30. The molecule has 5 nitrogen and oxygen atoms in total. The van der Waals surface area contributed by atoms with Gasteiger partial charge in [-0.2, -0.15) is 4.98 Å². The number of nitrogens with zero attached hydrogens (tertiary/aromatic N) is 2. The van der Waals surface area contributed by atoms with Crippen LogP contribution in [0.5, 0.6) is 0 Å². The molecular formula is C16H25N3O2. The number of nitrogens with one attached hydrogen (secondary N) is 1. The number of rotatable bonds is 5. The van der Waals surface area contributed by atoms with Gasteiger partial charge in [0.05, 0.1) is 6.04 Å². The Labute approximate surface area is 126 Å². The maximum Gasteiger partial charge on any atom is 0.244 e. The molecule has 2 atom stereocenters. The van der Waals surface area contributed by atoms with Gasteiger partial charge in [-0.1, -0.05) is 17.3 Å². The molecule has 2 unspecified atom stereocenters. The molecule has 1 fully saturated rings. The molecule has 21 heavy (non-hydrogen) atoms. The molecular weight excluding hydrogens is 266 g/mol. The van der Waals surface area contributed by atoms with Crippen LogP contribution in [-0.2, 0) is 4.74 Å². The molecule has 0 spiro atoms. The van der Waals surface area contributed by atoms with Gasteiger partial charge in [-0.15, -0.1) is 0 Å². The first-order chi connectivity index (χ1) is 10.3. The lowest BCUT2D eigenvalue weighted by Gasteiger charge is -2.30. The summed E-state index contributed by atoms with van der Waals surface area (Å²) in [7, 11) is 0. The van der Waals surface area contributed by atoms with Crippen molar-refractivity contribution < 1.29 is 9.26 Å². The van der Waals surface area contributed by atoms with Crippen LogP contribution in [0.15, 0.2) is 16.7 Å². The summed E-state index contributed by atoms with van der Waals surface area (Å²) in [6, 6.07) is 0.168. The van der Waals surface area contributed by atoms with Gasteiger partial charge in [0, 0.05) is 13.2 Å². The van der Waals surface area contributed by atoms with Crippen molar-refractivity contribution in [2.75, 3.05) is 19.8 Å². The van der Waals surface area contributed by atoms with Crippen molar-refractivity contribution in [2.45, 2.75) is 45.1 Å². The van der Waals surface area contributed by atoms with E-state index in [9.17, 15) is 0 Å². The Morgan fingerprint density at radius 2 is 2.14 bits per heavy atom. The zero-order chi connectivity index (χ0) is 14.5. The van der Waals surface area contributed by atoms with Crippen LogP contribution in [0.3, 0.4) is 0 Å². The van der Waals surface area contributed by atoms with Crippen molar-refractivity contribution >= 4 is 0 Å². The van der Waals surface area contributed by atoms with Crippen LogP contribution >= 0.6 is 0 Å². The fourth-order valence-corrected chi connectivity index (χ4v) is 3.28. The maximum absolute atomic E-state index is 5.48. The number of aromatic nitrogens is 2. The second kappa shape index (κ2) is 7.18. The molecule has 1 aromatic heterocycles. The van der Waals surface area contributed by atoms with Crippen LogP contribution in [0.1, 0.15) is 49.9 Å². The molecule has 0 aromatic carbocycles. The smallest absolute Gasteiger partial charge is 0.244 e. The highest BCUT2D eigenvalue weighted by atomic mass is 16.5. The Morgan fingerprint density at radius 1 is 1.29 bits per heavy atom. The minimum absolute atomic E-state index is 0.168. The zero-order valence-corrected chi connectivity index (χ0v) is 12.8. The lowest BCUT2D eigenvalue weighted by molar-refractivity contribution is 0.0481. The predicted octanol–water partition coefficient (Wildman–Crippen LogP) is 2.79. The molecule has 1 aliphatic heterocycles. The zero-order valence-electron chi connectivity index (χ0n) is 12.8. The van der Waals surface area contributed by atoms with Gasteiger partial charge < -0.3 is 14.6 Å². The molecule has 0 bridgehead atoms. The van der Waals surface area contributed by atoms with Crippen molar-refractivity contribution in [1.82, 2.24) is 15.5 Å². The number of allylic oxidation sites excluding steroid dienone is 2. The largest absolute Gasteiger partial charge is 0.381 e. The number of ether oxygens (including phenoxy) is 1. The topological polar surface area (TPSA) is 60.2 Å².